The number of esters is 1. The maximum absolute atomic E-state index is 13.2. The van der Waals surface area contributed by atoms with Crippen molar-refractivity contribution in [3.8, 4) is 11.5 Å². The zero-order valence-corrected chi connectivity index (χ0v) is 21.3. The van der Waals surface area contributed by atoms with Gasteiger partial charge >= 0.3 is 5.97 Å². The molecule has 36 heavy (non-hydrogen) atoms. The lowest BCUT2D eigenvalue weighted by Crippen LogP contribution is -2.51. The number of hydrogen-bond acceptors (Lipinski definition) is 6. The van der Waals surface area contributed by atoms with E-state index in [-0.39, 0.29) is 47.0 Å². The van der Waals surface area contributed by atoms with Gasteiger partial charge in [-0.05, 0) is 68.1 Å². The van der Waals surface area contributed by atoms with Crippen LogP contribution in [-0.2, 0) is 16.0 Å². The van der Waals surface area contributed by atoms with Gasteiger partial charge in [0.2, 0.25) is 0 Å². The molecule has 7 heteroatoms. The summed E-state index contributed by atoms with van der Waals surface area (Å²) in [6.07, 6.45) is 6.07. The standard InChI is InChI=1S/C29H38N2O5/c1-19(2)23-17-24(27(33)18-26(23)32)28(34)31-14-12-21(13-15-31)30-25(16-20-8-4-3-5-9-20)29(35)36-22-10-6-7-11-22/h3-5,8-9,17-19,21-22,25,30,32-33H,6-7,10-16H2,1-2H3/t25-/m0/s1. The van der Waals surface area contributed by atoms with Gasteiger partial charge < -0.3 is 25.2 Å². The van der Waals surface area contributed by atoms with E-state index in [4.69, 9.17) is 4.74 Å². The molecule has 4 rings (SSSR count). The van der Waals surface area contributed by atoms with Gasteiger partial charge in [0.1, 0.15) is 23.6 Å². The number of carbonyl (C=O) groups is 2. The Morgan fingerprint density at radius 1 is 1.00 bits per heavy atom. The second-order valence-corrected chi connectivity index (χ2v) is 10.4. The van der Waals surface area contributed by atoms with Crippen molar-refractivity contribution in [2.75, 3.05) is 13.1 Å². The van der Waals surface area contributed by atoms with E-state index in [1.807, 2.05) is 44.2 Å². The van der Waals surface area contributed by atoms with Crippen molar-refractivity contribution in [3.05, 3.63) is 59.2 Å². The Hall–Kier alpha value is -3.06. The predicted octanol–water partition coefficient (Wildman–Crippen LogP) is 4.51. The molecule has 0 spiro atoms. The molecule has 1 saturated heterocycles. The Kier molecular flexibility index (Phi) is 8.52. The molecule has 7 nitrogen and oxygen atoms in total. The molecule has 194 valence electrons. The average Bonchev–Trinajstić information content (AvgIpc) is 3.37. The van der Waals surface area contributed by atoms with Crippen LogP contribution in [0.2, 0.25) is 0 Å². The molecule has 1 amide bonds. The quantitative estimate of drug-likeness (QED) is 0.467. The van der Waals surface area contributed by atoms with Crippen LogP contribution in [0, 0.1) is 0 Å². The van der Waals surface area contributed by atoms with Crippen molar-refractivity contribution in [2.24, 2.45) is 0 Å². The summed E-state index contributed by atoms with van der Waals surface area (Å²) in [6, 6.07) is 12.4. The lowest BCUT2D eigenvalue weighted by molar-refractivity contribution is -0.151. The van der Waals surface area contributed by atoms with Crippen LogP contribution in [0.1, 0.15) is 79.8 Å². The van der Waals surface area contributed by atoms with Crippen LogP contribution >= 0.6 is 0 Å². The van der Waals surface area contributed by atoms with E-state index in [9.17, 15) is 19.8 Å². The van der Waals surface area contributed by atoms with Gasteiger partial charge in [-0.25, -0.2) is 0 Å². The predicted molar refractivity (Wildman–Crippen MR) is 138 cm³/mol. The number of rotatable bonds is 8. The van der Waals surface area contributed by atoms with Crippen LogP contribution in [0.25, 0.3) is 0 Å². The van der Waals surface area contributed by atoms with E-state index < -0.39 is 6.04 Å². The highest BCUT2D eigenvalue weighted by Gasteiger charge is 2.31. The maximum atomic E-state index is 13.2. The fraction of sp³-hybridized carbons (Fsp3) is 0.517. The molecular weight excluding hydrogens is 456 g/mol. The van der Waals surface area contributed by atoms with Gasteiger partial charge in [0.25, 0.3) is 5.91 Å². The Labute approximate surface area is 213 Å². The number of ether oxygens (including phenoxy) is 1. The number of phenols is 2. The summed E-state index contributed by atoms with van der Waals surface area (Å²) in [7, 11) is 0. The largest absolute Gasteiger partial charge is 0.508 e. The van der Waals surface area contributed by atoms with Crippen LogP contribution in [-0.4, -0.2) is 58.3 Å². The van der Waals surface area contributed by atoms with E-state index in [0.29, 0.717) is 37.9 Å². The minimum absolute atomic E-state index is 0.00379. The van der Waals surface area contributed by atoms with E-state index >= 15 is 0 Å². The molecule has 0 unspecified atom stereocenters. The first-order chi connectivity index (χ1) is 17.3. The van der Waals surface area contributed by atoms with E-state index in [1.54, 1.807) is 11.0 Å². The number of amides is 1. The molecule has 0 radical (unpaired) electrons. The number of likely N-dealkylation sites (tertiary alicyclic amines) is 1. The highest BCUT2D eigenvalue weighted by atomic mass is 16.5. The van der Waals surface area contributed by atoms with Crippen molar-refractivity contribution >= 4 is 11.9 Å². The lowest BCUT2D eigenvalue weighted by Gasteiger charge is -2.34. The van der Waals surface area contributed by atoms with Gasteiger partial charge in [-0.2, -0.15) is 0 Å². The minimum atomic E-state index is -0.435. The first-order valence-electron chi connectivity index (χ1n) is 13.2. The molecule has 1 atom stereocenters. The first-order valence-corrected chi connectivity index (χ1v) is 13.2. The molecule has 2 aliphatic rings. The van der Waals surface area contributed by atoms with Crippen molar-refractivity contribution in [2.45, 2.75) is 82.9 Å². The fourth-order valence-corrected chi connectivity index (χ4v) is 5.24. The summed E-state index contributed by atoms with van der Waals surface area (Å²) in [5, 5.41) is 23.9. The fourth-order valence-electron chi connectivity index (χ4n) is 5.24. The molecule has 3 N–H and O–H groups in total. The number of hydrogen-bond donors (Lipinski definition) is 3. The molecule has 2 fully saturated rings. The van der Waals surface area contributed by atoms with Crippen molar-refractivity contribution < 1.29 is 24.5 Å². The number of carbonyl (C=O) groups excluding carboxylic acids is 2. The summed E-state index contributed by atoms with van der Waals surface area (Å²) in [5.41, 5.74) is 1.93. The Morgan fingerprint density at radius 2 is 1.67 bits per heavy atom. The number of phenolic OH excluding ortho intramolecular Hbond substituents is 2. The molecule has 2 aromatic carbocycles. The van der Waals surface area contributed by atoms with Crippen molar-refractivity contribution in [1.29, 1.82) is 0 Å². The molecule has 1 heterocycles. The van der Waals surface area contributed by atoms with E-state index in [2.05, 4.69) is 5.32 Å². The van der Waals surface area contributed by atoms with Gasteiger partial charge in [-0.3, -0.25) is 9.59 Å². The third kappa shape index (κ3) is 6.38. The number of nitrogens with one attached hydrogen (secondary N) is 1. The molecule has 0 aromatic heterocycles. The second-order valence-electron chi connectivity index (χ2n) is 10.4. The second kappa shape index (κ2) is 11.8. The van der Waals surface area contributed by atoms with Crippen LogP contribution in [0.3, 0.4) is 0 Å². The summed E-state index contributed by atoms with van der Waals surface area (Å²) < 4.78 is 5.84. The number of aromatic hydroxyl groups is 2. The number of nitrogens with zero attached hydrogens (tertiary/aromatic N) is 1. The number of benzene rings is 2. The zero-order valence-electron chi connectivity index (χ0n) is 21.3. The van der Waals surface area contributed by atoms with Crippen LogP contribution < -0.4 is 5.32 Å². The van der Waals surface area contributed by atoms with E-state index in [1.165, 1.54) is 6.07 Å². The third-order valence-electron chi connectivity index (χ3n) is 7.37. The van der Waals surface area contributed by atoms with Crippen molar-refractivity contribution in [1.82, 2.24) is 10.2 Å². The molecule has 1 saturated carbocycles. The number of piperidine rings is 1. The normalized spacial score (nSPS) is 17.9. The Balaban J connectivity index is 1.39. The zero-order chi connectivity index (χ0) is 25.7. The van der Waals surface area contributed by atoms with E-state index in [0.717, 1.165) is 31.2 Å². The lowest BCUT2D eigenvalue weighted by atomic mass is 9.97. The molecule has 1 aliphatic carbocycles. The minimum Gasteiger partial charge on any atom is -0.508 e. The highest BCUT2D eigenvalue weighted by Crippen LogP contribution is 2.33. The topological polar surface area (TPSA) is 99.1 Å². The summed E-state index contributed by atoms with van der Waals surface area (Å²) >= 11 is 0. The van der Waals surface area contributed by atoms with Crippen LogP contribution in [0.4, 0.5) is 0 Å². The van der Waals surface area contributed by atoms with Crippen molar-refractivity contribution in [3.63, 3.8) is 0 Å². The smallest absolute Gasteiger partial charge is 0.323 e. The first kappa shape index (κ1) is 26.0. The molecular formula is C29H38N2O5. The molecule has 2 aromatic rings. The molecule has 1 aliphatic heterocycles. The highest BCUT2D eigenvalue weighted by molar-refractivity contribution is 5.97. The monoisotopic (exact) mass is 494 g/mol. The van der Waals surface area contributed by atoms with Gasteiger partial charge in [0.05, 0.1) is 5.56 Å². The summed E-state index contributed by atoms with van der Waals surface area (Å²) in [4.78, 5) is 28.0. The SMILES string of the molecule is CC(C)c1cc(C(=O)N2CCC(N[C@@H](Cc3ccccc3)C(=O)OC3CCCC3)CC2)c(O)cc1O. The molecule has 0 bridgehead atoms. The van der Waals surface area contributed by atoms with Gasteiger partial charge in [-0.1, -0.05) is 44.2 Å². The van der Waals surface area contributed by atoms with Crippen LogP contribution in [0.5, 0.6) is 11.5 Å². The Morgan fingerprint density at radius 3 is 2.31 bits per heavy atom. The van der Waals surface area contributed by atoms with Gasteiger partial charge in [0, 0.05) is 25.2 Å². The maximum Gasteiger partial charge on any atom is 0.323 e. The Bertz CT molecular complexity index is 1040. The third-order valence-corrected chi connectivity index (χ3v) is 7.37. The van der Waals surface area contributed by atoms with Gasteiger partial charge in [-0.15, -0.1) is 0 Å². The summed E-state index contributed by atoms with van der Waals surface area (Å²) in [6.45, 7) is 4.90. The summed E-state index contributed by atoms with van der Waals surface area (Å²) in [5.74, 6) is -0.623. The van der Waals surface area contributed by atoms with Gasteiger partial charge in [0.15, 0.2) is 0 Å². The average molecular weight is 495 g/mol. The van der Waals surface area contributed by atoms with Crippen LogP contribution in [0.15, 0.2) is 42.5 Å².